The minimum Gasteiger partial charge on any atom is -0.379 e. The largest absolute Gasteiger partial charge is 0.379 e. The molecule has 4 atom stereocenters. The van der Waals surface area contributed by atoms with Gasteiger partial charge in [0.05, 0.1) is 24.0 Å². The van der Waals surface area contributed by atoms with Crippen molar-refractivity contribution in [3.63, 3.8) is 0 Å². The maximum atomic E-state index is 13.4. The number of hydrogen-bond donors (Lipinski definition) is 2. The Balaban J connectivity index is 1.67. The molecule has 2 bridgehead atoms. The topological polar surface area (TPSA) is 98.7 Å². The van der Waals surface area contributed by atoms with Gasteiger partial charge in [0.15, 0.2) is 0 Å². The van der Waals surface area contributed by atoms with Crippen molar-refractivity contribution in [3.8, 4) is 0 Å². The molecule has 1 heterocycles. The van der Waals surface area contributed by atoms with Crippen molar-refractivity contribution in [2.45, 2.75) is 24.7 Å². The van der Waals surface area contributed by atoms with Gasteiger partial charge in [0, 0.05) is 23.5 Å². The second-order valence-electron chi connectivity index (χ2n) is 9.29. The summed E-state index contributed by atoms with van der Waals surface area (Å²) in [5.41, 5.74) is 11.1. The summed E-state index contributed by atoms with van der Waals surface area (Å²) in [6.45, 7) is 3.73. The summed E-state index contributed by atoms with van der Waals surface area (Å²) in [4.78, 5) is 29.1. The fourth-order valence-electron chi connectivity index (χ4n) is 6.97. The number of carbonyl (C=O) groups excluding carboxylic acids is 2. The molecule has 0 aromatic heterocycles. The van der Waals surface area contributed by atoms with Crippen LogP contribution in [0.5, 0.6) is 0 Å². The molecule has 5 rings (SSSR count). The number of ether oxygens (including phenoxy) is 1. The lowest BCUT2D eigenvalue weighted by atomic mass is 9.52. The van der Waals surface area contributed by atoms with Crippen LogP contribution in [-0.4, -0.2) is 49.6 Å². The Hall–Kier alpha value is -1.70. The highest BCUT2D eigenvalue weighted by Gasteiger charge is 2.82. The molecule has 0 unspecified atom stereocenters. The fraction of sp³-hybridized carbons (Fsp3) is 0.565. The number of carbonyl (C=O) groups is 2. The van der Waals surface area contributed by atoms with E-state index in [0.29, 0.717) is 26.2 Å². The molecule has 1 aromatic carbocycles. The molecular formula is C23H28BrN3O3. The summed E-state index contributed by atoms with van der Waals surface area (Å²) in [6, 6.07) is 7.71. The SMILES string of the molecule is NC(=O)[C@]1(CCN2CCOCC2)[C@@H]2C=C[C@@H](C23CC3)[C@@]1(C(N)=O)c1ccc(Br)cc1. The number of rotatable bonds is 6. The zero-order valence-corrected chi connectivity index (χ0v) is 18.6. The maximum absolute atomic E-state index is 13.4. The van der Waals surface area contributed by atoms with Crippen molar-refractivity contribution in [3.05, 3.63) is 46.5 Å². The molecule has 1 aromatic rings. The minimum atomic E-state index is -1.12. The predicted molar refractivity (Wildman–Crippen MR) is 116 cm³/mol. The molecule has 0 radical (unpaired) electrons. The monoisotopic (exact) mass is 473 g/mol. The van der Waals surface area contributed by atoms with Gasteiger partial charge in [-0.2, -0.15) is 0 Å². The van der Waals surface area contributed by atoms with Crippen LogP contribution in [0.3, 0.4) is 0 Å². The molecule has 1 aliphatic heterocycles. The van der Waals surface area contributed by atoms with E-state index in [-0.39, 0.29) is 17.3 Å². The Morgan fingerprint density at radius 1 is 1.03 bits per heavy atom. The van der Waals surface area contributed by atoms with Crippen molar-refractivity contribution in [2.75, 3.05) is 32.8 Å². The molecule has 4 aliphatic rings. The Kier molecular flexibility index (Phi) is 4.65. The molecular weight excluding hydrogens is 446 g/mol. The third-order valence-corrected chi connectivity index (χ3v) is 8.85. The summed E-state index contributed by atoms with van der Waals surface area (Å²) in [5.74, 6) is -0.982. The molecule has 2 saturated carbocycles. The normalized spacial score (nSPS) is 36.3. The Morgan fingerprint density at radius 2 is 1.67 bits per heavy atom. The van der Waals surface area contributed by atoms with Gasteiger partial charge in [-0.3, -0.25) is 14.5 Å². The van der Waals surface area contributed by atoms with E-state index in [1.54, 1.807) is 0 Å². The first-order valence-corrected chi connectivity index (χ1v) is 11.5. The van der Waals surface area contributed by atoms with Crippen LogP contribution < -0.4 is 11.5 Å². The molecule has 3 aliphatic carbocycles. The van der Waals surface area contributed by atoms with Crippen LogP contribution in [0.4, 0.5) is 0 Å². The number of allylic oxidation sites excluding steroid dienone is 2. The van der Waals surface area contributed by atoms with E-state index in [0.717, 1.165) is 36.0 Å². The standard InChI is InChI=1S/C23H28BrN3O3/c24-16-3-1-15(2-4-16)23(20(26)29)18-6-5-17(21(18)7-8-21)22(23,19(25)28)9-10-27-11-13-30-14-12-27/h1-6,17-18H,7-14H2,(H2,25,28)(H2,26,29)/t17-,18+,22+,23-/m1/s1. The van der Waals surface area contributed by atoms with E-state index in [4.69, 9.17) is 16.2 Å². The van der Waals surface area contributed by atoms with Crippen LogP contribution in [0.2, 0.25) is 0 Å². The zero-order chi connectivity index (χ0) is 21.1. The molecule has 160 valence electrons. The van der Waals surface area contributed by atoms with Gasteiger partial charge in [0.25, 0.3) is 0 Å². The molecule has 3 fully saturated rings. The van der Waals surface area contributed by atoms with E-state index < -0.39 is 22.6 Å². The second-order valence-corrected chi connectivity index (χ2v) is 10.2. The van der Waals surface area contributed by atoms with Crippen molar-refractivity contribution in [2.24, 2.45) is 34.1 Å². The first-order chi connectivity index (χ1) is 14.4. The average molecular weight is 474 g/mol. The van der Waals surface area contributed by atoms with E-state index in [1.165, 1.54) is 0 Å². The Labute approximate surface area is 185 Å². The quantitative estimate of drug-likeness (QED) is 0.616. The maximum Gasteiger partial charge on any atom is 0.229 e. The lowest BCUT2D eigenvalue weighted by Gasteiger charge is -2.48. The average Bonchev–Trinajstić information content (AvgIpc) is 3.40. The number of amides is 2. The van der Waals surface area contributed by atoms with Gasteiger partial charge in [-0.25, -0.2) is 0 Å². The summed E-state index contributed by atoms with van der Waals surface area (Å²) in [5, 5.41) is 0. The van der Waals surface area contributed by atoms with Gasteiger partial charge in [0.1, 0.15) is 0 Å². The molecule has 30 heavy (non-hydrogen) atoms. The van der Waals surface area contributed by atoms with Crippen LogP contribution in [0.1, 0.15) is 24.8 Å². The van der Waals surface area contributed by atoms with Crippen LogP contribution in [0.25, 0.3) is 0 Å². The van der Waals surface area contributed by atoms with Crippen molar-refractivity contribution < 1.29 is 14.3 Å². The highest BCUT2D eigenvalue weighted by atomic mass is 79.9. The third-order valence-electron chi connectivity index (χ3n) is 8.32. The van der Waals surface area contributed by atoms with Gasteiger partial charge < -0.3 is 16.2 Å². The molecule has 4 N–H and O–H groups in total. The lowest BCUT2D eigenvalue weighted by molar-refractivity contribution is -0.144. The third kappa shape index (κ3) is 2.43. The van der Waals surface area contributed by atoms with E-state index >= 15 is 0 Å². The highest BCUT2D eigenvalue weighted by Crippen LogP contribution is 2.80. The van der Waals surface area contributed by atoms with E-state index in [2.05, 4.69) is 33.0 Å². The number of morpholine rings is 1. The molecule has 7 heteroatoms. The summed E-state index contributed by atoms with van der Waals surface area (Å²) >= 11 is 3.48. The van der Waals surface area contributed by atoms with Crippen molar-refractivity contribution >= 4 is 27.7 Å². The predicted octanol–water partition coefficient (Wildman–Crippen LogP) is 1.96. The minimum absolute atomic E-state index is 0.0512. The lowest BCUT2D eigenvalue weighted by Crippen LogP contribution is -2.63. The summed E-state index contributed by atoms with van der Waals surface area (Å²) in [7, 11) is 0. The highest BCUT2D eigenvalue weighted by molar-refractivity contribution is 9.10. The van der Waals surface area contributed by atoms with E-state index in [1.807, 2.05) is 24.3 Å². The number of hydrogen-bond acceptors (Lipinski definition) is 4. The number of benzene rings is 1. The van der Waals surface area contributed by atoms with Crippen molar-refractivity contribution in [1.82, 2.24) is 4.90 Å². The van der Waals surface area contributed by atoms with Gasteiger partial charge >= 0.3 is 0 Å². The fourth-order valence-corrected chi connectivity index (χ4v) is 7.23. The van der Waals surface area contributed by atoms with Crippen LogP contribution in [-0.2, 0) is 19.7 Å². The van der Waals surface area contributed by atoms with Crippen LogP contribution >= 0.6 is 15.9 Å². The summed E-state index contributed by atoms with van der Waals surface area (Å²) < 4.78 is 6.39. The van der Waals surface area contributed by atoms with Crippen LogP contribution in [0.15, 0.2) is 40.9 Å². The van der Waals surface area contributed by atoms with Crippen LogP contribution in [0, 0.1) is 22.7 Å². The number of halogens is 1. The first-order valence-electron chi connectivity index (χ1n) is 10.7. The van der Waals surface area contributed by atoms with Crippen molar-refractivity contribution in [1.29, 1.82) is 0 Å². The number of nitrogens with zero attached hydrogens (tertiary/aromatic N) is 1. The summed E-state index contributed by atoms with van der Waals surface area (Å²) in [6.07, 6.45) is 6.83. The molecule has 1 saturated heterocycles. The van der Waals surface area contributed by atoms with Gasteiger partial charge in [0.2, 0.25) is 11.8 Å². The zero-order valence-electron chi connectivity index (χ0n) is 17.0. The number of nitrogens with two attached hydrogens (primary N) is 2. The van der Waals surface area contributed by atoms with Gasteiger partial charge in [-0.15, -0.1) is 0 Å². The first kappa shape index (κ1) is 20.2. The Morgan fingerprint density at radius 3 is 2.23 bits per heavy atom. The number of primary amides is 2. The second kappa shape index (κ2) is 6.90. The van der Waals surface area contributed by atoms with Gasteiger partial charge in [-0.1, -0.05) is 40.2 Å². The Bertz CT molecular complexity index is 907. The molecule has 2 amide bonds. The van der Waals surface area contributed by atoms with E-state index in [9.17, 15) is 9.59 Å². The molecule has 6 nitrogen and oxygen atoms in total. The smallest absolute Gasteiger partial charge is 0.229 e. The molecule has 1 spiro atoms. The van der Waals surface area contributed by atoms with Gasteiger partial charge in [-0.05, 0) is 54.8 Å².